The van der Waals surface area contributed by atoms with Crippen LogP contribution in [0.3, 0.4) is 0 Å². The molecule has 0 aliphatic rings. The Balaban J connectivity index is 2.09. The van der Waals surface area contributed by atoms with Crippen molar-refractivity contribution in [2.45, 2.75) is 19.9 Å². The van der Waals surface area contributed by atoms with Gasteiger partial charge in [-0.05, 0) is 30.0 Å². The molecule has 26 heavy (non-hydrogen) atoms. The largest absolute Gasteiger partial charge is 0.491 e. The second-order valence-electron chi connectivity index (χ2n) is 5.72. The Kier molecular flexibility index (Phi) is 4.97. The zero-order chi connectivity index (χ0) is 18.7. The van der Waals surface area contributed by atoms with E-state index in [0.717, 1.165) is 6.42 Å². The molecule has 3 rings (SSSR count). The van der Waals surface area contributed by atoms with Gasteiger partial charge in [0.15, 0.2) is 17.4 Å². The van der Waals surface area contributed by atoms with Crippen LogP contribution in [0.4, 0.5) is 10.2 Å². The monoisotopic (exact) mass is 354 g/mol. The number of ether oxygens (including phenoxy) is 1. The number of methoxy groups -OCH3 is 1. The number of nitrogens with two attached hydrogens (primary N) is 1. The molecule has 3 aromatic rings. The quantitative estimate of drug-likeness (QED) is 0.712. The van der Waals surface area contributed by atoms with Crippen molar-refractivity contribution < 1.29 is 9.13 Å². The Morgan fingerprint density at radius 1 is 1.35 bits per heavy atom. The van der Waals surface area contributed by atoms with E-state index >= 15 is 0 Å². The van der Waals surface area contributed by atoms with Crippen molar-refractivity contribution in [1.29, 1.82) is 0 Å². The van der Waals surface area contributed by atoms with Gasteiger partial charge in [-0.1, -0.05) is 19.1 Å². The van der Waals surface area contributed by atoms with E-state index in [1.54, 1.807) is 18.3 Å². The van der Waals surface area contributed by atoms with Crippen LogP contribution in [0.15, 0.2) is 47.5 Å². The molecule has 0 saturated carbocycles. The summed E-state index contributed by atoms with van der Waals surface area (Å²) in [6.07, 6.45) is 7.86. The van der Waals surface area contributed by atoms with E-state index in [9.17, 15) is 9.18 Å². The van der Waals surface area contributed by atoms with Crippen molar-refractivity contribution in [1.82, 2.24) is 14.5 Å². The molecular formula is C19H19FN4O2. The Morgan fingerprint density at radius 3 is 2.85 bits per heavy atom. The summed E-state index contributed by atoms with van der Waals surface area (Å²) in [6, 6.07) is 4.54. The maximum absolute atomic E-state index is 14.6. The molecule has 0 aliphatic carbocycles. The van der Waals surface area contributed by atoms with Gasteiger partial charge in [-0.2, -0.15) is 0 Å². The van der Waals surface area contributed by atoms with E-state index in [2.05, 4.69) is 9.97 Å². The number of fused-ring (bicyclic) bond motifs is 1. The number of rotatable bonds is 5. The lowest BCUT2D eigenvalue weighted by atomic mass is 10.1. The Bertz CT molecular complexity index is 1040. The summed E-state index contributed by atoms with van der Waals surface area (Å²) >= 11 is 0. The standard InChI is InChI=1S/C19H19FN4O2/c1-3-4-5-7-24-8-6-12-9-14(15(20)10-13(12)19(24)25)18-22-11-16(26-2)17(21)23-18/h4-6,8-11H,3,7H2,1-2H3,(H2,21,22,23)/b5-4+. The first-order chi connectivity index (χ1) is 12.5. The van der Waals surface area contributed by atoms with E-state index in [4.69, 9.17) is 10.5 Å². The van der Waals surface area contributed by atoms with E-state index in [1.165, 1.54) is 23.9 Å². The van der Waals surface area contributed by atoms with Gasteiger partial charge in [-0.25, -0.2) is 14.4 Å². The van der Waals surface area contributed by atoms with Crippen molar-refractivity contribution in [3.63, 3.8) is 0 Å². The van der Waals surface area contributed by atoms with Gasteiger partial charge in [-0.3, -0.25) is 4.79 Å². The summed E-state index contributed by atoms with van der Waals surface area (Å²) in [5.41, 5.74) is 5.70. The maximum Gasteiger partial charge on any atom is 0.258 e. The van der Waals surface area contributed by atoms with Crippen molar-refractivity contribution in [2.24, 2.45) is 0 Å². The number of anilines is 1. The maximum atomic E-state index is 14.6. The van der Waals surface area contributed by atoms with Crippen LogP contribution in [0.1, 0.15) is 13.3 Å². The molecule has 6 nitrogen and oxygen atoms in total. The predicted molar refractivity (Wildman–Crippen MR) is 99.6 cm³/mol. The first-order valence-corrected chi connectivity index (χ1v) is 8.19. The number of pyridine rings is 1. The lowest BCUT2D eigenvalue weighted by Gasteiger charge is -2.09. The van der Waals surface area contributed by atoms with Crippen molar-refractivity contribution in [2.75, 3.05) is 12.8 Å². The number of allylic oxidation sites excluding steroid dienone is 2. The van der Waals surface area contributed by atoms with Crippen LogP contribution in [0.25, 0.3) is 22.2 Å². The SMILES string of the molecule is CC/C=C/Cn1ccc2cc(-c3ncc(OC)c(N)n3)c(F)cc2c1=O. The van der Waals surface area contributed by atoms with Crippen LogP contribution < -0.4 is 16.0 Å². The molecule has 0 amide bonds. The van der Waals surface area contributed by atoms with Gasteiger partial charge in [0.25, 0.3) is 5.56 Å². The summed E-state index contributed by atoms with van der Waals surface area (Å²) in [6.45, 7) is 2.47. The van der Waals surface area contributed by atoms with Crippen molar-refractivity contribution >= 4 is 16.6 Å². The van der Waals surface area contributed by atoms with Crippen LogP contribution in [-0.2, 0) is 6.54 Å². The van der Waals surface area contributed by atoms with Crippen LogP contribution in [0, 0.1) is 5.82 Å². The summed E-state index contributed by atoms with van der Waals surface area (Å²) in [4.78, 5) is 20.7. The fourth-order valence-corrected chi connectivity index (χ4v) is 2.65. The third-order valence-electron chi connectivity index (χ3n) is 4.01. The van der Waals surface area contributed by atoms with E-state index in [0.29, 0.717) is 23.1 Å². The Morgan fingerprint density at radius 2 is 2.15 bits per heavy atom. The molecule has 0 fully saturated rings. The first kappa shape index (κ1) is 17.6. The summed E-state index contributed by atoms with van der Waals surface area (Å²) in [5, 5.41) is 0.917. The highest BCUT2D eigenvalue weighted by Crippen LogP contribution is 2.27. The van der Waals surface area contributed by atoms with Gasteiger partial charge in [0.05, 0.1) is 24.3 Å². The third kappa shape index (κ3) is 3.28. The van der Waals surface area contributed by atoms with Gasteiger partial charge >= 0.3 is 0 Å². The molecule has 134 valence electrons. The Hall–Kier alpha value is -3.22. The predicted octanol–water partition coefficient (Wildman–Crippen LogP) is 3.15. The van der Waals surface area contributed by atoms with E-state index in [-0.39, 0.29) is 22.8 Å². The molecule has 0 spiro atoms. The molecule has 1 aromatic carbocycles. The molecule has 7 heteroatoms. The highest BCUT2D eigenvalue weighted by atomic mass is 19.1. The molecule has 0 aliphatic heterocycles. The van der Waals surface area contributed by atoms with Gasteiger partial charge in [-0.15, -0.1) is 0 Å². The van der Waals surface area contributed by atoms with Gasteiger partial charge in [0.1, 0.15) is 5.82 Å². The first-order valence-electron chi connectivity index (χ1n) is 8.19. The Labute approximate surface area is 149 Å². The van der Waals surface area contributed by atoms with Gasteiger partial charge in [0.2, 0.25) is 0 Å². The lowest BCUT2D eigenvalue weighted by molar-refractivity contribution is 0.413. The van der Waals surface area contributed by atoms with Gasteiger partial charge < -0.3 is 15.0 Å². The fourth-order valence-electron chi connectivity index (χ4n) is 2.65. The number of aromatic nitrogens is 3. The second-order valence-corrected chi connectivity index (χ2v) is 5.72. The highest BCUT2D eigenvalue weighted by molar-refractivity contribution is 5.86. The molecule has 0 bridgehead atoms. The van der Waals surface area contributed by atoms with Crippen molar-refractivity contribution in [3.05, 3.63) is 58.9 Å². The summed E-state index contributed by atoms with van der Waals surface area (Å²) in [7, 11) is 1.45. The molecule has 0 atom stereocenters. The zero-order valence-electron chi connectivity index (χ0n) is 14.6. The zero-order valence-corrected chi connectivity index (χ0v) is 14.6. The minimum Gasteiger partial charge on any atom is -0.491 e. The number of halogens is 1. The molecular weight excluding hydrogens is 335 g/mol. The molecule has 0 unspecified atom stereocenters. The van der Waals surface area contributed by atoms with Crippen molar-refractivity contribution in [3.8, 4) is 17.1 Å². The number of benzene rings is 1. The minimum atomic E-state index is -0.582. The minimum absolute atomic E-state index is 0.120. The number of hydrogen-bond donors (Lipinski definition) is 1. The topological polar surface area (TPSA) is 83.0 Å². The van der Waals surface area contributed by atoms with E-state index < -0.39 is 5.82 Å². The molecule has 2 aromatic heterocycles. The number of nitrogens with zero attached hydrogens (tertiary/aromatic N) is 3. The molecule has 0 radical (unpaired) electrons. The van der Waals surface area contributed by atoms with Crippen LogP contribution in [-0.4, -0.2) is 21.6 Å². The highest BCUT2D eigenvalue weighted by Gasteiger charge is 2.14. The summed E-state index contributed by atoms with van der Waals surface area (Å²) in [5.74, 6) is -0.00753. The average molecular weight is 354 g/mol. The van der Waals surface area contributed by atoms with Gasteiger partial charge in [0, 0.05) is 12.7 Å². The molecule has 0 saturated heterocycles. The summed E-state index contributed by atoms with van der Waals surface area (Å²) < 4.78 is 21.2. The fraction of sp³-hybridized carbons (Fsp3) is 0.211. The number of hydrogen-bond acceptors (Lipinski definition) is 5. The number of nitrogen functional groups attached to an aromatic ring is 1. The van der Waals surface area contributed by atoms with Crippen LogP contribution in [0.5, 0.6) is 5.75 Å². The smallest absolute Gasteiger partial charge is 0.258 e. The average Bonchev–Trinajstić information content (AvgIpc) is 2.64. The third-order valence-corrected chi connectivity index (χ3v) is 4.01. The van der Waals surface area contributed by atoms with Crippen LogP contribution >= 0.6 is 0 Å². The molecule has 2 heterocycles. The van der Waals surface area contributed by atoms with E-state index in [1.807, 2.05) is 19.1 Å². The van der Waals surface area contributed by atoms with Crippen LogP contribution in [0.2, 0.25) is 0 Å². The normalized spacial score (nSPS) is 11.3. The lowest BCUT2D eigenvalue weighted by Crippen LogP contribution is -2.19. The second kappa shape index (κ2) is 7.35. The molecule has 2 N–H and O–H groups in total.